The van der Waals surface area contributed by atoms with Crippen molar-refractivity contribution in [1.82, 2.24) is 10.4 Å². The number of hydrogen-bond donors (Lipinski definition) is 2. The number of thiazole rings is 1. The van der Waals surface area contributed by atoms with Crippen molar-refractivity contribution in [2.75, 3.05) is 5.43 Å². The fourth-order valence-corrected chi connectivity index (χ4v) is 2.62. The van der Waals surface area contributed by atoms with Gasteiger partial charge in [-0.1, -0.05) is 6.07 Å². The van der Waals surface area contributed by atoms with Crippen molar-refractivity contribution in [3.63, 3.8) is 0 Å². The SMILES string of the molecule is O=C(NNc1cccc(C(F)(F)F)c1)c1csc(-c2ccco2)n1. The first-order valence-corrected chi connectivity index (χ1v) is 7.54. The molecule has 2 N–H and O–H groups in total. The van der Waals surface area contributed by atoms with E-state index in [0.717, 1.165) is 12.1 Å². The molecule has 0 spiro atoms. The normalized spacial score (nSPS) is 11.3. The minimum atomic E-state index is -4.45. The van der Waals surface area contributed by atoms with Crippen molar-refractivity contribution in [2.24, 2.45) is 0 Å². The Morgan fingerprint density at radius 2 is 2.04 bits per heavy atom. The number of aromatic nitrogens is 1. The minimum absolute atomic E-state index is 0.111. The topological polar surface area (TPSA) is 67.2 Å². The summed E-state index contributed by atoms with van der Waals surface area (Å²) in [5, 5.41) is 2.06. The summed E-state index contributed by atoms with van der Waals surface area (Å²) in [7, 11) is 0. The first kappa shape index (κ1) is 16.1. The predicted octanol–water partition coefficient (Wildman–Crippen LogP) is 4.18. The Bertz CT molecular complexity index is 844. The van der Waals surface area contributed by atoms with E-state index in [-0.39, 0.29) is 11.4 Å². The summed E-state index contributed by atoms with van der Waals surface area (Å²) in [6.07, 6.45) is -2.96. The van der Waals surface area contributed by atoms with E-state index in [2.05, 4.69) is 15.8 Å². The van der Waals surface area contributed by atoms with E-state index in [1.54, 1.807) is 12.1 Å². The Morgan fingerprint density at radius 1 is 1.21 bits per heavy atom. The van der Waals surface area contributed by atoms with Crippen LogP contribution in [0.3, 0.4) is 0 Å². The molecule has 0 fully saturated rings. The van der Waals surface area contributed by atoms with Crippen LogP contribution in [-0.2, 0) is 6.18 Å². The van der Waals surface area contributed by atoms with Gasteiger partial charge in [0.25, 0.3) is 5.91 Å². The lowest BCUT2D eigenvalue weighted by molar-refractivity contribution is -0.137. The molecule has 0 aliphatic heterocycles. The fraction of sp³-hybridized carbons (Fsp3) is 0.0667. The van der Waals surface area contributed by atoms with Crippen molar-refractivity contribution in [2.45, 2.75) is 6.18 Å². The van der Waals surface area contributed by atoms with Gasteiger partial charge >= 0.3 is 6.18 Å². The average molecular weight is 353 g/mol. The molecule has 0 saturated heterocycles. The molecule has 0 aliphatic carbocycles. The molecule has 0 atom stereocenters. The van der Waals surface area contributed by atoms with Crippen LogP contribution in [0, 0.1) is 0 Å². The van der Waals surface area contributed by atoms with Crippen LogP contribution in [-0.4, -0.2) is 10.9 Å². The van der Waals surface area contributed by atoms with Crippen molar-refractivity contribution in [1.29, 1.82) is 0 Å². The Balaban J connectivity index is 1.66. The Labute approximate surface area is 138 Å². The first-order valence-electron chi connectivity index (χ1n) is 6.66. The number of hydrogen-bond acceptors (Lipinski definition) is 5. The largest absolute Gasteiger partial charge is 0.462 e. The predicted molar refractivity (Wildman–Crippen MR) is 82.3 cm³/mol. The van der Waals surface area contributed by atoms with Gasteiger partial charge in [-0.3, -0.25) is 15.6 Å². The molecule has 3 rings (SSSR count). The molecule has 0 bridgehead atoms. The molecule has 5 nitrogen and oxygen atoms in total. The molecule has 9 heteroatoms. The highest BCUT2D eigenvalue weighted by Gasteiger charge is 2.30. The highest BCUT2D eigenvalue weighted by molar-refractivity contribution is 7.13. The van der Waals surface area contributed by atoms with Crippen LogP contribution >= 0.6 is 11.3 Å². The standard InChI is InChI=1S/C15H10F3N3O2S/c16-15(17,18)9-3-1-4-10(7-9)20-21-13(22)11-8-24-14(19-11)12-5-2-6-23-12/h1-8,20H,(H,21,22). The average Bonchev–Trinajstić information content (AvgIpc) is 3.22. The number of nitrogens with one attached hydrogen (secondary N) is 2. The monoisotopic (exact) mass is 353 g/mol. The maximum Gasteiger partial charge on any atom is 0.416 e. The summed E-state index contributed by atoms with van der Waals surface area (Å²) in [6.45, 7) is 0. The third-order valence-corrected chi connectivity index (χ3v) is 3.84. The lowest BCUT2D eigenvalue weighted by Crippen LogP contribution is -2.29. The second-order valence-corrected chi connectivity index (χ2v) is 5.53. The summed E-state index contributed by atoms with van der Waals surface area (Å²) in [4.78, 5) is 16.1. The van der Waals surface area contributed by atoms with Gasteiger partial charge in [-0.2, -0.15) is 13.2 Å². The summed E-state index contributed by atoms with van der Waals surface area (Å²) >= 11 is 1.22. The molecule has 0 aliphatic rings. The number of carbonyl (C=O) groups is 1. The van der Waals surface area contributed by atoms with Gasteiger partial charge in [0.15, 0.2) is 10.8 Å². The van der Waals surface area contributed by atoms with Crippen LogP contribution in [0.5, 0.6) is 0 Å². The summed E-state index contributed by atoms with van der Waals surface area (Å²) < 4.78 is 43.1. The van der Waals surface area contributed by atoms with Crippen molar-refractivity contribution in [3.05, 3.63) is 59.3 Å². The van der Waals surface area contributed by atoms with E-state index in [1.165, 1.54) is 35.1 Å². The zero-order chi connectivity index (χ0) is 17.2. The minimum Gasteiger partial charge on any atom is -0.462 e. The molecule has 0 unspecified atom stereocenters. The number of anilines is 1. The maximum atomic E-state index is 12.6. The van der Waals surface area contributed by atoms with Crippen molar-refractivity contribution in [3.8, 4) is 10.8 Å². The highest BCUT2D eigenvalue weighted by Crippen LogP contribution is 2.30. The second-order valence-electron chi connectivity index (χ2n) is 4.67. The zero-order valence-corrected chi connectivity index (χ0v) is 12.7. The van der Waals surface area contributed by atoms with Crippen molar-refractivity contribution < 1.29 is 22.4 Å². The van der Waals surface area contributed by atoms with E-state index >= 15 is 0 Å². The van der Waals surface area contributed by atoms with Crippen LogP contribution in [0.15, 0.2) is 52.5 Å². The van der Waals surface area contributed by atoms with Gasteiger partial charge in [0.05, 0.1) is 17.5 Å². The number of amides is 1. The van der Waals surface area contributed by atoms with E-state index in [1.807, 2.05) is 0 Å². The lowest BCUT2D eigenvalue weighted by atomic mass is 10.2. The molecular weight excluding hydrogens is 343 g/mol. The second kappa shape index (κ2) is 6.36. The van der Waals surface area contributed by atoms with Crippen molar-refractivity contribution >= 4 is 22.9 Å². The number of furan rings is 1. The Morgan fingerprint density at radius 3 is 2.75 bits per heavy atom. The molecule has 2 heterocycles. The van der Waals surface area contributed by atoms with Gasteiger partial charge in [0.1, 0.15) is 5.69 Å². The van der Waals surface area contributed by atoms with Crippen LogP contribution < -0.4 is 10.9 Å². The fourth-order valence-electron chi connectivity index (χ4n) is 1.86. The van der Waals surface area contributed by atoms with Crippen LogP contribution in [0.1, 0.15) is 16.1 Å². The molecule has 3 aromatic rings. The van der Waals surface area contributed by atoms with Crippen LogP contribution in [0.4, 0.5) is 18.9 Å². The molecular formula is C15H10F3N3O2S. The Kier molecular flexibility index (Phi) is 4.26. The molecule has 2 aromatic heterocycles. The van der Waals surface area contributed by atoms with E-state index < -0.39 is 17.6 Å². The molecule has 0 radical (unpaired) electrons. The van der Waals surface area contributed by atoms with Gasteiger partial charge in [-0.25, -0.2) is 4.98 Å². The van der Waals surface area contributed by atoms with E-state index in [9.17, 15) is 18.0 Å². The van der Waals surface area contributed by atoms with Gasteiger partial charge in [0.2, 0.25) is 0 Å². The van der Waals surface area contributed by atoms with E-state index in [4.69, 9.17) is 4.42 Å². The number of carbonyl (C=O) groups excluding carboxylic acids is 1. The number of nitrogens with zero attached hydrogens (tertiary/aromatic N) is 1. The summed E-state index contributed by atoms with van der Waals surface area (Å²) in [5.74, 6) is -0.0358. The number of rotatable bonds is 4. The number of halogens is 3. The summed E-state index contributed by atoms with van der Waals surface area (Å²) in [6, 6.07) is 7.91. The van der Waals surface area contributed by atoms with Crippen LogP contribution in [0.2, 0.25) is 0 Å². The molecule has 1 aromatic carbocycles. The van der Waals surface area contributed by atoms with Gasteiger partial charge in [-0.15, -0.1) is 11.3 Å². The number of alkyl halides is 3. The number of hydrazine groups is 1. The van der Waals surface area contributed by atoms with E-state index in [0.29, 0.717) is 10.8 Å². The van der Waals surface area contributed by atoms with Gasteiger partial charge in [-0.05, 0) is 30.3 Å². The van der Waals surface area contributed by atoms with Crippen LogP contribution in [0.25, 0.3) is 10.8 Å². The van der Waals surface area contributed by atoms with Gasteiger partial charge < -0.3 is 4.42 Å². The number of benzene rings is 1. The first-order chi connectivity index (χ1) is 11.4. The smallest absolute Gasteiger partial charge is 0.416 e. The molecule has 124 valence electrons. The lowest BCUT2D eigenvalue weighted by Gasteiger charge is -2.10. The highest BCUT2D eigenvalue weighted by atomic mass is 32.1. The zero-order valence-electron chi connectivity index (χ0n) is 11.9. The third kappa shape index (κ3) is 3.57. The maximum absolute atomic E-state index is 12.6. The third-order valence-electron chi connectivity index (χ3n) is 2.98. The summed E-state index contributed by atoms with van der Waals surface area (Å²) in [5.41, 5.74) is 4.18. The molecule has 0 saturated carbocycles. The molecule has 1 amide bonds. The van der Waals surface area contributed by atoms with Gasteiger partial charge in [0, 0.05) is 5.38 Å². The molecule has 24 heavy (non-hydrogen) atoms. The quantitative estimate of drug-likeness (QED) is 0.691. The Hall–Kier alpha value is -2.81.